The molecule has 4 aromatic heterocycles. The number of nitrogens with one attached hydrogen (secondary N) is 2. The highest BCUT2D eigenvalue weighted by molar-refractivity contribution is 6.15. The van der Waals surface area contributed by atoms with Crippen LogP contribution >= 0.6 is 0 Å². The summed E-state index contributed by atoms with van der Waals surface area (Å²) < 4.78 is 13.6. The van der Waals surface area contributed by atoms with Crippen LogP contribution in [0.3, 0.4) is 0 Å². The predicted octanol–water partition coefficient (Wildman–Crippen LogP) is 5.03. The zero-order valence-corrected chi connectivity index (χ0v) is 19.1. The van der Waals surface area contributed by atoms with Gasteiger partial charge >= 0.3 is 0 Å². The van der Waals surface area contributed by atoms with Crippen LogP contribution in [0, 0.1) is 6.92 Å². The van der Waals surface area contributed by atoms with E-state index in [4.69, 9.17) is 14.1 Å². The molecular weight excluding hydrogens is 432 g/mol. The molecule has 0 aliphatic rings. The van der Waals surface area contributed by atoms with Crippen LogP contribution in [0.4, 0.5) is 0 Å². The van der Waals surface area contributed by atoms with Crippen LogP contribution in [0.2, 0.25) is 0 Å². The number of aryl methyl sites for hydroxylation is 1. The number of aromatic amines is 2. The molecule has 34 heavy (non-hydrogen) atoms. The van der Waals surface area contributed by atoms with Crippen molar-refractivity contribution in [1.82, 2.24) is 19.7 Å². The normalized spacial score (nSPS) is 12.0. The Balaban J connectivity index is 1.82. The molecule has 0 amide bonds. The third kappa shape index (κ3) is 2.75. The molecule has 6 aromatic rings. The maximum atomic E-state index is 13.3. The van der Waals surface area contributed by atoms with E-state index in [1.807, 2.05) is 29.1 Å². The van der Waals surface area contributed by atoms with Crippen molar-refractivity contribution in [3.8, 4) is 16.9 Å². The smallest absolute Gasteiger partial charge is 0.256 e. The second kappa shape index (κ2) is 7.08. The van der Waals surface area contributed by atoms with Gasteiger partial charge in [-0.3, -0.25) is 14.3 Å². The number of rotatable bonds is 3. The number of H-pyrrole nitrogens is 2. The topological polar surface area (TPSA) is 106 Å². The summed E-state index contributed by atoms with van der Waals surface area (Å²) in [6, 6.07) is 10.7. The minimum Gasteiger partial charge on any atom is -0.497 e. The molecule has 0 saturated carbocycles. The molecule has 2 N–H and O–H groups in total. The summed E-state index contributed by atoms with van der Waals surface area (Å²) in [6.07, 6.45) is 1.84. The Labute approximate surface area is 192 Å². The number of nitrogens with zero attached hydrogens (tertiary/aromatic N) is 2. The van der Waals surface area contributed by atoms with E-state index in [2.05, 4.69) is 23.9 Å². The van der Waals surface area contributed by atoms with Crippen LogP contribution in [0.1, 0.15) is 25.5 Å². The number of methoxy groups -OCH3 is 1. The molecule has 0 fully saturated rings. The minimum absolute atomic E-state index is 0.103. The number of benzene rings is 2. The van der Waals surface area contributed by atoms with Gasteiger partial charge in [0, 0.05) is 45.0 Å². The number of fused-ring (bicyclic) bond motifs is 5. The molecule has 0 bridgehead atoms. The monoisotopic (exact) mass is 454 g/mol. The summed E-state index contributed by atoms with van der Waals surface area (Å²) in [6.45, 7) is 5.85. The van der Waals surface area contributed by atoms with Crippen LogP contribution in [0.15, 0.2) is 56.6 Å². The van der Waals surface area contributed by atoms with Crippen LogP contribution in [-0.4, -0.2) is 26.9 Å². The highest BCUT2D eigenvalue weighted by atomic mass is 16.5. The van der Waals surface area contributed by atoms with E-state index in [1.54, 1.807) is 26.2 Å². The van der Waals surface area contributed by atoms with Crippen molar-refractivity contribution in [1.29, 1.82) is 0 Å². The molecule has 0 aliphatic carbocycles. The van der Waals surface area contributed by atoms with E-state index in [9.17, 15) is 9.59 Å². The van der Waals surface area contributed by atoms with Gasteiger partial charge < -0.3 is 19.2 Å². The van der Waals surface area contributed by atoms with E-state index in [0.717, 1.165) is 16.2 Å². The van der Waals surface area contributed by atoms with Crippen molar-refractivity contribution >= 4 is 44.0 Å². The summed E-state index contributed by atoms with van der Waals surface area (Å²) in [5.74, 6) is 0.692. The first-order chi connectivity index (χ1) is 16.4. The molecule has 4 heterocycles. The maximum absolute atomic E-state index is 13.3. The number of hydrogen-bond donors (Lipinski definition) is 2. The second-order valence-electron chi connectivity index (χ2n) is 8.77. The summed E-state index contributed by atoms with van der Waals surface area (Å²) in [4.78, 5) is 33.5. The molecular formula is C26H22N4O4. The first kappa shape index (κ1) is 20.3. The minimum atomic E-state index is -0.245. The number of aromatic nitrogens is 4. The van der Waals surface area contributed by atoms with E-state index in [0.29, 0.717) is 50.3 Å². The fourth-order valence-corrected chi connectivity index (χ4v) is 4.62. The number of ether oxygens (including phenoxy) is 1. The van der Waals surface area contributed by atoms with Gasteiger partial charge in [-0.15, -0.1) is 0 Å². The SMILES string of the molecule is COc1ccc2[nH]c(=O)c(-c3c4c[nH]n(C(C)C)c4nc4c3oc3c(C)c(=O)ccc34)cc2c1. The van der Waals surface area contributed by atoms with Crippen molar-refractivity contribution in [2.45, 2.75) is 26.8 Å². The lowest BCUT2D eigenvalue weighted by atomic mass is 10.0. The molecule has 0 radical (unpaired) electrons. The number of furan rings is 1. The van der Waals surface area contributed by atoms with Gasteiger partial charge in [-0.2, -0.15) is 0 Å². The third-order valence-electron chi connectivity index (χ3n) is 6.40. The number of pyridine rings is 2. The Morgan fingerprint density at radius 1 is 1.06 bits per heavy atom. The fourth-order valence-electron chi connectivity index (χ4n) is 4.62. The molecule has 0 saturated heterocycles. The third-order valence-corrected chi connectivity index (χ3v) is 6.40. The zero-order chi connectivity index (χ0) is 23.7. The van der Waals surface area contributed by atoms with Crippen molar-refractivity contribution in [2.75, 3.05) is 7.11 Å². The van der Waals surface area contributed by atoms with E-state index in [-0.39, 0.29) is 17.0 Å². The Hall–Kier alpha value is -4.33. The second-order valence-corrected chi connectivity index (χ2v) is 8.77. The summed E-state index contributed by atoms with van der Waals surface area (Å²) in [5, 5.41) is 5.59. The fraction of sp³-hybridized carbons (Fsp3) is 0.192. The average Bonchev–Trinajstić information content (AvgIpc) is 3.41. The van der Waals surface area contributed by atoms with E-state index < -0.39 is 0 Å². The summed E-state index contributed by atoms with van der Waals surface area (Å²) in [5.41, 5.74) is 4.23. The van der Waals surface area contributed by atoms with Crippen molar-refractivity contribution in [2.24, 2.45) is 0 Å². The highest BCUT2D eigenvalue weighted by Crippen LogP contribution is 2.39. The maximum Gasteiger partial charge on any atom is 0.256 e. The highest BCUT2D eigenvalue weighted by Gasteiger charge is 2.23. The Kier molecular flexibility index (Phi) is 4.23. The summed E-state index contributed by atoms with van der Waals surface area (Å²) in [7, 11) is 1.61. The lowest BCUT2D eigenvalue weighted by Gasteiger charge is -2.10. The Morgan fingerprint density at radius 3 is 2.65 bits per heavy atom. The van der Waals surface area contributed by atoms with Crippen molar-refractivity contribution in [3.63, 3.8) is 0 Å². The van der Waals surface area contributed by atoms with E-state index >= 15 is 0 Å². The molecule has 8 nitrogen and oxygen atoms in total. The van der Waals surface area contributed by atoms with Crippen LogP contribution in [0.25, 0.3) is 55.1 Å². The lowest BCUT2D eigenvalue weighted by Crippen LogP contribution is -2.09. The van der Waals surface area contributed by atoms with Crippen molar-refractivity contribution < 1.29 is 9.15 Å². The molecule has 0 unspecified atom stereocenters. The van der Waals surface area contributed by atoms with Crippen molar-refractivity contribution in [3.05, 3.63) is 68.7 Å². The van der Waals surface area contributed by atoms with Gasteiger partial charge in [0.15, 0.2) is 16.7 Å². The quantitative estimate of drug-likeness (QED) is 0.390. The molecule has 0 spiro atoms. The average molecular weight is 454 g/mol. The molecule has 0 aliphatic heterocycles. The van der Waals surface area contributed by atoms with Gasteiger partial charge in [0.1, 0.15) is 16.8 Å². The van der Waals surface area contributed by atoms with Gasteiger partial charge in [-0.25, -0.2) is 4.98 Å². The van der Waals surface area contributed by atoms with Gasteiger partial charge in [-0.1, -0.05) is 0 Å². The standard InChI is InChI=1S/C26H22N4O4/c1-12(2)30-25-18(11-27-30)21(17-10-14-9-15(33-4)5-7-19(14)28-26(17)32)24-22(29-25)16-6-8-20(31)13(3)23(16)34-24/h5-12,27H,1-4H3,(H,28,32). The van der Waals surface area contributed by atoms with Crippen LogP contribution < -0.4 is 15.7 Å². The van der Waals surface area contributed by atoms with Gasteiger partial charge in [-0.05, 0) is 57.2 Å². The first-order valence-electron chi connectivity index (χ1n) is 11.0. The van der Waals surface area contributed by atoms with Crippen LogP contribution in [0.5, 0.6) is 5.75 Å². The number of hydrogen-bond acceptors (Lipinski definition) is 5. The van der Waals surface area contributed by atoms with E-state index in [1.165, 1.54) is 6.07 Å². The Morgan fingerprint density at radius 2 is 1.88 bits per heavy atom. The predicted molar refractivity (Wildman–Crippen MR) is 133 cm³/mol. The molecule has 170 valence electrons. The molecule has 2 aromatic carbocycles. The molecule has 8 heteroatoms. The summed E-state index contributed by atoms with van der Waals surface area (Å²) >= 11 is 0. The first-order valence-corrected chi connectivity index (χ1v) is 11.0. The molecule has 6 rings (SSSR count). The largest absolute Gasteiger partial charge is 0.497 e. The van der Waals surface area contributed by atoms with Gasteiger partial charge in [0.25, 0.3) is 5.56 Å². The zero-order valence-electron chi connectivity index (χ0n) is 19.1. The Bertz CT molecular complexity index is 1890. The van der Waals surface area contributed by atoms with Gasteiger partial charge in [0.2, 0.25) is 0 Å². The lowest BCUT2D eigenvalue weighted by molar-refractivity contribution is 0.415. The van der Waals surface area contributed by atoms with Crippen LogP contribution in [-0.2, 0) is 0 Å². The van der Waals surface area contributed by atoms with Gasteiger partial charge in [0.05, 0.1) is 12.7 Å². The molecule has 0 atom stereocenters.